The molecule has 2 aromatic rings. The van der Waals surface area contributed by atoms with E-state index in [1.54, 1.807) is 0 Å². The van der Waals surface area contributed by atoms with Crippen molar-refractivity contribution < 1.29 is 84.0 Å². The number of aliphatic hydroxyl groups is 6. The molecule has 0 unspecified atom stereocenters. The summed E-state index contributed by atoms with van der Waals surface area (Å²) in [7, 11) is 0. The van der Waals surface area contributed by atoms with Crippen molar-refractivity contribution in [3.8, 4) is 51.4 Å². The molecule has 1 aliphatic carbocycles. The van der Waals surface area contributed by atoms with E-state index in [2.05, 4.69) is 0 Å². The Morgan fingerprint density at radius 1 is 0.722 bits per heavy atom. The molecule has 18 nitrogen and oxygen atoms in total. The van der Waals surface area contributed by atoms with Gasteiger partial charge in [0.25, 0.3) is 0 Å². The Labute approximate surface area is 304 Å². The van der Waals surface area contributed by atoms with Crippen LogP contribution in [0.2, 0.25) is 0 Å². The van der Waals surface area contributed by atoms with Crippen LogP contribution in [-0.4, -0.2) is 132 Å². The van der Waals surface area contributed by atoms with E-state index in [4.69, 9.17) is 28.1 Å². The molecule has 2 aromatic carbocycles. The molecule has 0 bridgehead atoms. The first-order chi connectivity index (χ1) is 25.8. The molecule has 6 rings (SSSR count). The minimum atomic E-state index is -1.96. The number of rotatable bonds is 10. The first-order valence-electron chi connectivity index (χ1n) is 16.4. The molecule has 3 heterocycles. The molecule has 0 amide bonds. The van der Waals surface area contributed by atoms with Gasteiger partial charge in [0.15, 0.2) is 46.9 Å². The lowest BCUT2D eigenvalue weighted by Gasteiger charge is -2.46. The van der Waals surface area contributed by atoms with Gasteiger partial charge >= 0.3 is 5.97 Å². The van der Waals surface area contributed by atoms with Gasteiger partial charge in [0.2, 0.25) is 6.29 Å². The molecule has 3 aliphatic heterocycles. The molecule has 0 spiro atoms. The van der Waals surface area contributed by atoms with Crippen molar-refractivity contribution in [2.24, 2.45) is 0 Å². The van der Waals surface area contributed by atoms with Gasteiger partial charge in [0, 0.05) is 23.8 Å². The van der Waals surface area contributed by atoms with Gasteiger partial charge in [-0.3, -0.25) is 4.79 Å². The van der Waals surface area contributed by atoms with Crippen molar-refractivity contribution >= 4 is 12.0 Å². The Morgan fingerprint density at radius 2 is 1.37 bits per heavy atom. The van der Waals surface area contributed by atoms with Gasteiger partial charge < -0.3 is 79.2 Å². The highest BCUT2D eigenvalue weighted by atomic mass is 16.8. The molecule has 10 atom stereocenters. The number of phenolic OH excluding ortho intramolecular Hbond substituents is 4. The van der Waals surface area contributed by atoms with Crippen LogP contribution in [0.1, 0.15) is 5.56 Å². The number of aliphatic hydroxyl groups excluding tert-OH is 6. The average molecular weight is 757 g/mol. The molecule has 4 aliphatic rings. The third kappa shape index (κ3) is 7.97. The van der Waals surface area contributed by atoms with Crippen LogP contribution in [0.25, 0.3) is 28.7 Å². The number of fused-ring (bicyclic) bond motifs is 1. The Morgan fingerprint density at radius 3 is 2.02 bits per heavy atom. The summed E-state index contributed by atoms with van der Waals surface area (Å²) in [6, 6.07) is 12.5. The summed E-state index contributed by atoms with van der Waals surface area (Å²) < 4.78 is 34.9. The predicted octanol–water partition coefficient (Wildman–Crippen LogP) is -0.499. The van der Waals surface area contributed by atoms with Crippen LogP contribution in [0.4, 0.5) is 0 Å². The van der Waals surface area contributed by atoms with Crippen molar-refractivity contribution in [3.05, 3.63) is 82.5 Å². The van der Waals surface area contributed by atoms with E-state index in [-0.39, 0.29) is 39.7 Å². The fourth-order valence-corrected chi connectivity index (χ4v) is 5.92. The fourth-order valence-electron chi connectivity index (χ4n) is 5.92. The van der Waals surface area contributed by atoms with Crippen LogP contribution >= 0.6 is 0 Å². The summed E-state index contributed by atoms with van der Waals surface area (Å²) in [5.41, 5.74) is -0.0260. The molecular weight excluding hydrogens is 720 g/mol. The zero-order valence-electron chi connectivity index (χ0n) is 27.9. The number of carbonyl (C=O) groups excluding carboxylic acids is 1. The van der Waals surface area contributed by atoms with Crippen molar-refractivity contribution in [1.82, 2.24) is 0 Å². The summed E-state index contributed by atoms with van der Waals surface area (Å²) >= 11 is 0. The standard InChI is InChI=1S/C36H36O18/c37-13-25-29(46)31(48)34(35(51-25)50-24-12-19-21(42)10-18(40)11-23(19)49-32(24)16-3-5-17(39)6-4-16)54-36-33(30(47)28(45)26(14-38)52-36)53-27(44)8-2-15-1-7-20(41)22(43)9-15/h1-12,25-26,28-31,33-39,41-43,45-48H,13-14H2/t25-,26-,28-,29+,30+,31+,33-,34-,35-,36+/m1/s1. The number of carbonyl (C=O) groups is 1. The van der Waals surface area contributed by atoms with Crippen LogP contribution in [0, 0.1) is 0 Å². The highest BCUT2D eigenvalue weighted by Crippen LogP contribution is 2.42. The second-order valence-corrected chi connectivity index (χ2v) is 12.5. The zero-order chi connectivity index (χ0) is 38.8. The van der Waals surface area contributed by atoms with Crippen LogP contribution in [0.3, 0.4) is 0 Å². The smallest absolute Gasteiger partial charge is 0.331 e. The molecular formula is C36H36O18. The summed E-state index contributed by atoms with van der Waals surface area (Å²) in [6.45, 7) is -1.68. The van der Waals surface area contributed by atoms with Gasteiger partial charge in [-0.25, -0.2) is 4.79 Å². The van der Waals surface area contributed by atoms with Crippen molar-refractivity contribution in [3.63, 3.8) is 0 Å². The molecule has 18 heteroatoms. The van der Waals surface area contributed by atoms with E-state index in [1.165, 1.54) is 48.5 Å². The third-order valence-electron chi connectivity index (χ3n) is 8.78. The van der Waals surface area contributed by atoms with Crippen LogP contribution < -0.4 is 10.2 Å². The third-order valence-corrected chi connectivity index (χ3v) is 8.78. The lowest BCUT2D eigenvalue weighted by molar-refractivity contribution is -0.358. The second-order valence-electron chi connectivity index (χ2n) is 12.5. The van der Waals surface area contributed by atoms with Gasteiger partial charge in [0.05, 0.1) is 18.8 Å². The largest absolute Gasteiger partial charge is 0.508 e. The predicted molar refractivity (Wildman–Crippen MR) is 180 cm³/mol. The van der Waals surface area contributed by atoms with E-state index < -0.39 is 103 Å². The van der Waals surface area contributed by atoms with Crippen LogP contribution in [-0.2, 0) is 23.7 Å². The van der Waals surface area contributed by atoms with Gasteiger partial charge in [-0.15, -0.1) is 0 Å². The average Bonchev–Trinajstić information content (AvgIpc) is 3.14. The number of esters is 1. The Kier molecular flexibility index (Phi) is 11.4. The monoisotopic (exact) mass is 756 g/mol. The highest BCUT2D eigenvalue weighted by Gasteiger charge is 2.53. The minimum absolute atomic E-state index is 0.000700. The maximum atomic E-state index is 12.9. The zero-order valence-corrected chi connectivity index (χ0v) is 27.9. The minimum Gasteiger partial charge on any atom is -0.508 e. The van der Waals surface area contributed by atoms with Crippen LogP contribution in [0.5, 0.6) is 28.7 Å². The number of benzene rings is 3. The Bertz CT molecular complexity index is 1990. The maximum Gasteiger partial charge on any atom is 0.331 e. The van der Waals surface area contributed by atoms with Gasteiger partial charge in [-0.2, -0.15) is 0 Å². The van der Waals surface area contributed by atoms with Gasteiger partial charge in [-0.05, 0) is 54.1 Å². The normalized spacial score (nSPS) is 28.6. The molecule has 0 saturated carbocycles. The molecule has 2 saturated heterocycles. The van der Waals surface area contributed by atoms with Crippen LogP contribution in [0.15, 0.2) is 76.0 Å². The molecule has 288 valence electrons. The first kappa shape index (κ1) is 38.4. The number of ether oxygens (including phenoxy) is 5. The molecule has 10 N–H and O–H groups in total. The summed E-state index contributed by atoms with van der Waals surface area (Å²) in [5.74, 6) is -2.92. The molecule has 54 heavy (non-hydrogen) atoms. The SMILES string of the molecule is O=C(C=Cc1ccc(O)c(O)c1)O[C@H]1[C@H](O[C@H]2[C@H](Oc3cc4c(O)cc(=O)cc-4oc3-c3ccc(O)cc3)O[C@H](CO)[C@H](O)[C@@H]2O)O[C@H](CO)[C@@H](O)[C@@H]1O. The van der Waals surface area contributed by atoms with E-state index in [1.807, 2.05) is 0 Å². The first-order valence-corrected chi connectivity index (χ1v) is 16.4. The lowest BCUT2D eigenvalue weighted by atomic mass is 9.97. The topological polar surface area (TPSA) is 296 Å². The number of hydrogen-bond acceptors (Lipinski definition) is 18. The summed E-state index contributed by atoms with van der Waals surface area (Å²) in [5, 5.41) is 103. The quantitative estimate of drug-likeness (QED) is 0.0554. The van der Waals surface area contributed by atoms with Crippen molar-refractivity contribution in [1.29, 1.82) is 0 Å². The molecule has 0 radical (unpaired) electrons. The molecule has 2 fully saturated rings. The fraction of sp³-hybridized carbons (Fsp3) is 0.333. The van der Waals surface area contributed by atoms with Crippen molar-refractivity contribution in [2.45, 2.75) is 61.4 Å². The number of aromatic hydroxyl groups is 4. The Hall–Kier alpha value is -5.28. The second kappa shape index (κ2) is 16.0. The summed E-state index contributed by atoms with van der Waals surface area (Å²) in [6.07, 6.45) is -15.8. The molecule has 0 aromatic heterocycles. The van der Waals surface area contributed by atoms with Gasteiger partial charge in [0.1, 0.15) is 53.9 Å². The number of phenols is 4. The summed E-state index contributed by atoms with van der Waals surface area (Å²) in [4.78, 5) is 25.1. The van der Waals surface area contributed by atoms with E-state index in [9.17, 15) is 60.7 Å². The van der Waals surface area contributed by atoms with E-state index in [0.717, 1.165) is 24.3 Å². The van der Waals surface area contributed by atoms with E-state index >= 15 is 0 Å². The maximum absolute atomic E-state index is 12.9. The highest BCUT2D eigenvalue weighted by molar-refractivity contribution is 5.87. The lowest BCUT2D eigenvalue weighted by Crippen LogP contribution is -2.65. The number of hydrogen-bond donors (Lipinski definition) is 10. The Balaban J connectivity index is 1.35. The van der Waals surface area contributed by atoms with Crippen molar-refractivity contribution in [2.75, 3.05) is 13.2 Å². The van der Waals surface area contributed by atoms with E-state index in [0.29, 0.717) is 0 Å². The van der Waals surface area contributed by atoms with Gasteiger partial charge in [-0.1, -0.05) is 6.07 Å².